The minimum atomic E-state index is -0.798. The first-order valence-electron chi connectivity index (χ1n) is 10.2. The Morgan fingerprint density at radius 1 is 1.09 bits per heavy atom. The minimum absolute atomic E-state index is 0.0969. The number of anilines is 1. The molecule has 0 unspecified atom stereocenters. The van der Waals surface area contributed by atoms with Gasteiger partial charge < -0.3 is 14.0 Å². The molecule has 0 spiro atoms. The number of halogens is 1. The smallest absolute Gasteiger partial charge is 0.412 e. The Kier molecular flexibility index (Phi) is 6.62. The number of hydrogen-bond acceptors (Lipinski definition) is 5. The second-order valence-electron chi connectivity index (χ2n) is 8.18. The molecule has 0 aliphatic rings. The van der Waals surface area contributed by atoms with Crippen molar-refractivity contribution in [3.05, 3.63) is 75.8 Å². The lowest BCUT2D eigenvalue weighted by atomic mass is 10.1. The molecule has 3 rings (SSSR count). The van der Waals surface area contributed by atoms with Crippen molar-refractivity contribution < 1.29 is 23.5 Å². The van der Waals surface area contributed by atoms with Crippen LogP contribution in [-0.4, -0.2) is 28.8 Å². The highest BCUT2D eigenvalue weighted by Crippen LogP contribution is 2.19. The van der Waals surface area contributed by atoms with Crippen molar-refractivity contribution in [1.82, 2.24) is 4.57 Å². The van der Waals surface area contributed by atoms with Crippen LogP contribution in [0.1, 0.15) is 43.6 Å². The van der Waals surface area contributed by atoms with Gasteiger partial charge in [-0.2, -0.15) is 0 Å². The van der Waals surface area contributed by atoms with E-state index in [4.69, 9.17) is 9.47 Å². The van der Waals surface area contributed by atoms with Crippen LogP contribution in [0.5, 0.6) is 0 Å². The highest BCUT2D eigenvalue weighted by Gasteiger charge is 2.19. The van der Waals surface area contributed by atoms with Crippen LogP contribution < -0.4 is 10.7 Å². The van der Waals surface area contributed by atoms with E-state index in [1.165, 1.54) is 18.3 Å². The summed E-state index contributed by atoms with van der Waals surface area (Å²) >= 11 is 0. The van der Waals surface area contributed by atoms with Gasteiger partial charge in [-0.1, -0.05) is 18.2 Å². The predicted octanol–water partition coefficient (Wildman–Crippen LogP) is 4.71. The molecule has 8 heteroatoms. The zero-order chi connectivity index (χ0) is 23.5. The SMILES string of the molecule is CCOC(=O)c1cn(Cc2ccc(NC(=O)OC(C)(C)C)cc2)c2cccc(F)c2c1=O. The molecule has 1 heterocycles. The third kappa shape index (κ3) is 5.32. The number of rotatable bonds is 5. The van der Waals surface area contributed by atoms with E-state index in [-0.39, 0.29) is 24.1 Å². The first kappa shape index (κ1) is 23.0. The molecular weight excluding hydrogens is 415 g/mol. The van der Waals surface area contributed by atoms with E-state index < -0.39 is 28.9 Å². The lowest BCUT2D eigenvalue weighted by Gasteiger charge is -2.19. The molecule has 0 atom stereocenters. The number of ether oxygens (including phenoxy) is 2. The molecule has 0 saturated carbocycles. The zero-order valence-electron chi connectivity index (χ0n) is 18.4. The van der Waals surface area contributed by atoms with E-state index in [0.29, 0.717) is 11.2 Å². The van der Waals surface area contributed by atoms with Crippen molar-refractivity contribution in [2.24, 2.45) is 0 Å². The van der Waals surface area contributed by atoms with Gasteiger partial charge in [0.05, 0.1) is 17.5 Å². The van der Waals surface area contributed by atoms with Gasteiger partial charge in [-0.25, -0.2) is 14.0 Å². The number of fused-ring (bicyclic) bond motifs is 1. The summed E-state index contributed by atoms with van der Waals surface area (Å²) in [5, 5.41) is 2.49. The van der Waals surface area contributed by atoms with Gasteiger partial charge >= 0.3 is 12.1 Å². The summed E-state index contributed by atoms with van der Waals surface area (Å²) in [5.74, 6) is -1.50. The summed E-state index contributed by atoms with van der Waals surface area (Å²) in [6.07, 6.45) is 0.820. The molecule has 0 aliphatic heterocycles. The highest BCUT2D eigenvalue weighted by atomic mass is 19.1. The average Bonchev–Trinajstić information content (AvgIpc) is 2.70. The summed E-state index contributed by atoms with van der Waals surface area (Å²) in [5.41, 5.74) is 0.174. The third-order valence-electron chi connectivity index (χ3n) is 4.51. The van der Waals surface area contributed by atoms with Gasteiger partial charge in [-0.05, 0) is 57.5 Å². The Hall–Kier alpha value is -3.68. The van der Waals surface area contributed by atoms with E-state index in [2.05, 4.69) is 5.32 Å². The number of carbonyl (C=O) groups excluding carboxylic acids is 2. The van der Waals surface area contributed by atoms with Gasteiger partial charge in [0, 0.05) is 18.4 Å². The molecular formula is C24H25FN2O5. The summed E-state index contributed by atoms with van der Waals surface area (Å²) in [4.78, 5) is 36.9. The Morgan fingerprint density at radius 3 is 2.41 bits per heavy atom. The van der Waals surface area contributed by atoms with Crippen LogP contribution in [0.4, 0.5) is 14.9 Å². The average molecular weight is 440 g/mol. The molecule has 0 bridgehead atoms. The van der Waals surface area contributed by atoms with Gasteiger partial charge in [-0.3, -0.25) is 10.1 Å². The molecule has 0 radical (unpaired) electrons. The molecule has 7 nitrogen and oxygen atoms in total. The molecule has 1 N–H and O–H groups in total. The summed E-state index contributed by atoms with van der Waals surface area (Å²) < 4.78 is 26.3. The number of carbonyl (C=O) groups is 2. The van der Waals surface area contributed by atoms with E-state index in [1.54, 1.807) is 62.6 Å². The fourth-order valence-corrected chi connectivity index (χ4v) is 3.19. The van der Waals surface area contributed by atoms with Crippen molar-refractivity contribution >= 4 is 28.7 Å². The van der Waals surface area contributed by atoms with Crippen LogP contribution in [-0.2, 0) is 16.0 Å². The van der Waals surface area contributed by atoms with Crippen LogP contribution >= 0.6 is 0 Å². The van der Waals surface area contributed by atoms with Crippen molar-refractivity contribution in [2.45, 2.75) is 39.8 Å². The molecule has 1 aromatic heterocycles. The van der Waals surface area contributed by atoms with Crippen molar-refractivity contribution in [1.29, 1.82) is 0 Å². The number of esters is 1. The third-order valence-corrected chi connectivity index (χ3v) is 4.51. The predicted molar refractivity (Wildman–Crippen MR) is 120 cm³/mol. The van der Waals surface area contributed by atoms with Gasteiger partial charge in [0.1, 0.15) is 17.0 Å². The number of hydrogen-bond donors (Lipinski definition) is 1. The van der Waals surface area contributed by atoms with Crippen molar-refractivity contribution in [3.8, 4) is 0 Å². The Morgan fingerprint density at radius 2 is 1.78 bits per heavy atom. The van der Waals surface area contributed by atoms with Crippen LogP contribution in [0.15, 0.2) is 53.5 Å². The van der Waals surface area contributed by atoms with E-state index >= 15 is 0 Å². The molecule has 3 aromatic rings. The maximum Gasteiger partial charge on any atom is 0.412 e. The highest BCUT2D eigenvalue weighted by molar-refractivity contribution is 5.94. The first-order valence-corrected chi connectivity index (χ1v) is 10.2. The van der Waals surface area contributed by atoms with Gasteiger partial charge in [-0.15, -0.1) is 0 Å². The molecule has 0 fully saturated rings. The summed E-state index contributed by atoms with van der Waals surface area (Å²) in [6.45, 7) is 7.32. The fourth-order valence-electron chi connectivity index (χ4n) is 3.19. The van der Waals surface area contributed by atoms with Crippen LogP contribution in [0.25, 0.3) is 10.9 Å². The second-order valence-corrected chi connectivity index (χ2v) is 8.18. The second kappa shape index (κ2) is 9.21. The Bertz CT molecular complexity index is 1210. The molecule has 32 heavy (non-hydrogen) atoms. The number of amides is 1. The molecule has 168 valence electrons. The molecule has 2 aromatic carbocycles. The van der Waals surface area contributed by atoms with Crippen molar-refractivity contribution in [2.75, 3.05) is 11.9 Å². The number of nitrogens with one attached hydrogen (secondary N) is 1. The maximum absolute atomic E-state index is 14.5. The van der Waals surface area contributed by atoms with Gasteiger partial charge in [0.25, 0.3) is 0 Å². The topological polar surface area (TPSA) is 86.6 Å². The normalized spacial score (nSPS) is 11.3. The monoisotopic (exact) mass is 440 g/mol. The first-order chi connectivity index (χ1) is 15.1. The quantitative estimate of drug-likeness (QED) is 0.581. The van der Waals surface area contributed by atoms with E-state index in [1.807, 2.05) is 0 Å². The van der Waals surface area contributed by atoms with Crippen LogP contribution in [0.3, 0.4) is 0 Å². The number of pyridine rings is 1. The zero-order valence-corrected chi connectivity index (χ0v) is 18.4. The van der Waals surface area contributed by atoms with Gasteiger partial charge in [0.15, 0.2) is 0 Å². The molecule has 1 amide bonds. The molecule has 0 saturated heterocycles. The Balaban J connectivity index is 1.92. The molecule has 0 aliphatic carbocycles. The fraction of sp³-hybridized carbons (Fsp3) is 0.292. The summed E-state index contributed by atoms with van der Waals surface area (Å²) in [6, 6.07) is 11.3. The van der Waals surface area contributed by atoms with Crippen LogP contribution in [0, 0.1) is 5.82 Å². The minimum Gasteiger partial charge on any atom is -0.462 e. The van der Waals surface area contributed by atoms with Crippen LogP contribution in [0.2, 0.25) is 0 Å². The lowest BCUT2D eigenvalue weighted by Crippen LogP contribution is -2.27. The number of benzene rings is 2. The Labute approximate surface area is 184 Å². The number of aromatic nitrogens is 1. The maximum atomic E-state index is 14.5. The number of nitrogens with zero attached hydrogens (tertiary/aromatic N) is 1. The largest absolute Gasteiger partial charge is 0.462 e. The summed E-state index contributed by atoms with van der Waals surface area (Å²) in [7, 11) is 0. The lowest BCUT2D eigenvalue weighted by molar-refractivity contribution is 0.0523. The standard InChI is InChI=1S/C24H25FN2O5/c1-5-31-22(29)17-14-27(19-8-6-7-18(25)20(19)21(17)28)13-15-9-11-16(12-10-15)26-23(30)32-24(2,3)4/h6-12,14H,5,13H2,1-4H3,(H,26,30). The van der Waals surface area contributed by atoms with Gasteiger partial charge in [0.2, 0.25) is 5.43 Å². The van der Waals surface area contributed by atoms with E-state index in [9.17, 15) is 18.8 Å². The van der Waals surface area contributed by atoms with Crippen molar-refractivity contribution in [3.63, 3.8) is 0 Å². The van der Waals surface area contributed by atoms with E-state index in [0.717, 1.165) is 5.56 Å².